The van der Waals surface area contributed by atoms with Gasteiger partial charge in [0.1, 0.15) is 6.67 Å². The molecule has 7 aromatic carbocycles. The third-order valence-electron chi connectivity index (χ3n) is 10.4. The molecule has 3 heterocycles. The summed E-state index contributed by atoms with van der Waals surface area (Å²) in [7, 11) is 0. The van der Waals surface area contributed by atoms with E-state index < -0.39 is 0 Å². The molecular weight excluding hydrogens is 659 g/mol. The van der Waals surface area contributed by atoms with Gasteiger partial charge in [-0.05, 0) is 94.1 Å². The number of aromatic nitrogens is 3. The van der Waals surface area contributed by atoms with Crippen LogP contribution in [0, 0.1) is 0 Å². The van der Waals surface area contributed by atoms with E-state index in [0.29, 0.717) is 6.67 Å². The lowest BCUT2D eigenvalue weighted by molar-refractivity contribution is 0.953. The summed E-state index contributed by atoms with van der Waals surface area (Å²) in [5.74, 6) is 0.787. The highest BCUT2D eigenvalue weighted by molar-refractivity contribution is 6.12. The summed E-state index contributed by atoms with van der Waals surface area (Å²) in [5, 5.41) is 11.2. The summed E-state index contributed by atoms with van der Waals surface area (Å²) in [6, 6.07) is 69.3. The maximum Gasteiger partial charge on any atom is 0.160 e. The highest BCUT2D eigenvalue weighted by Crippen LogP contribution is 2.46. The van der Waals surface area contributed by atoms with E-state index in [9.17, 15) is 0 Å². The molecule has 0 spiro atoms. The minimum atomic E-state index is 0.709. The van der Waals surface area contributed by atoms with E-state index in [1.807, 2.05) is 12.1 Å². The molecule has 2 aromatic heterocycles. The first-order chi connectivity index (χ1) is 26.8. The van der Waals surface area contributed by atoms with Gasteiger partial charge in [0.05, 0.1) is 22.4 Å². The van der Waals surface area contributed by atoms with Crippen LogP contribution in [0.1, 0.15) is 22.3 Å². The fraction of sp³-hybridized carbons (Fsp3) is 0.0204. The zero-order valence-corrected chi connectivity index (χ0v) is 29.5. The molecule has 5 nitrogen and oxygen atoms in total. The van der Waals surface area contributed by atoms with Crippen LogP contribution in [-0.4, -0.2) is 21.4 Å². The summed E-state index contributed by atoms with van der Waals surface area (Å²) in [5.41, 5.74) is 13.7. The minimum absolute atomic E-state index is 0.709. The highest BCUT2D eigenvalue weighted by Gasteiger charge is 2.28. The van der Waals surface area contributed by atoms with Crippen LogP contribution in [0.4, 0.5) is 22.7 Å². The molecule has 1 aliphatic heterocycles. The van der Waals surface area contributed by atoms with Crippen molar-refractivity contribution in [2.45, 2.75) is 0 Å². The summed E-state index contributed by atoms with van der Waals surface area (Å²) in [6.45, 7) is 0.709. The largest absolute Gasteiger partial charge is 0.321 e. The van der Waals surface area contributed by atoms with Gasteiger partial charge in [-0.3, -0.25) is 4.57 Å². The fourth-order valence-corrected chi connectivity index (χ4v) is 8.00. The molecule has 256 valence electrons. The van der Waals surface area contributed by atoms with Crippen LogP contribution in [0.25, 0.3) is 38.8 Å². The predicted molar refractivity (Wildman–Crippen MR) is 223 cm³/mol. The molecule has 0 aliphatic carbocycles. The number of nitrogens with zero attached hydrogens (tertiary/aromatic N) is 5. The van der Waals surface area contributed by atoms with Gasteiger partial charge in [-0.1, -0.05) is 133 Å². The second-order valence-corrected chi connectivity index (χ2v) is 13.5. The van der Waals surface area contributed by atoms with Gasteiger partial charge in [-0.2, -0.15) is 5.10 Å². The third kappa shape index (κ3) is 5.42. The normalized spacial score (nSPS) is 12.3. The number of hydrogen-bond acceptors (Lipinski definition) is 4. The Morgan fingerprint density at radius 3 is 1.67 bits per heavy atom. The molecule has 54 heavy (non-hydrogen) atoms. The van der Waals surface area contributed by atoms with E-state index in [0.717, 1.165) is 50.4 Å². The van der Waals surface area contributed by atoms with Crippen molar-refractivity contribution in [1.29, 1.82) is 0 Å². The van der Waals surface area contributed by atoms with Crippen molar-refractivity contribution in [3.63, 3.8) is 0 Å². The van der Waals surface area contributed by atoms with Crippen LogP contribution < -0.4 is 9.80 Å². The Hall–Kier alpha value is -7.24. The topological polar surface area (TPSA) is 37.2 Å². The van der Waals surface area contributed by atoms with Crippen molar-refractivity contribution < 1.29 is 0 Å². The molecule has 10 rings (SSSR count). The first-order valence-electron chi connectivity index (χ1n) is 18.3. The monoisotopic (exact) mass is 693 g/mol. The molecule has 0 bridgehead atoms. The van der Waals surface area contributed by atoms with Gasteiger partial charge in [-0.25, -0.2) is 0 Å². The Kier molecular flexibility index (Phi) is 7.81. The molecule has 0 N–H and O–H groups in total. The van der Waals surface area contributed by atoms with Crippen molar-refractivity contribution in [3.05, 3.63) is 223 Å². The zero-order chi connectivity index (χ0) is 35.8. The van der Waals surface area contributed by atoms with Gasteiger partial charge < -0.3 is 9.80 Å². The molecule has 0 saturated heterocycles. The van der Waals surface area contributed by atoms with Gasteiger partial charge in [-0.15, -0.1) is 5.10 Å². The Morgan fingerprint density at radius 2 is 0.963 bits per heavy atom. The van der Waals surface area contributed by atoms with Gasteiger partial charge in [0.15, 0.2) is 5.82 Å². The summed E-state index contributed by atoms with van der Waals surface area (Å²) in [6.07, 6.45) is 1.72. The third-order valence-corrected chi connectivity index (χ3v) is 10.4. The molecule has 0 saturated carbocycles. The van der Waals surface area contributed by atoms with Gasteiger partial charge in [0.2, 0.25) is 0 Å². The van der Waals surface area contributed by atoms with Crippen LogP contribution in [0.5, 0.6) is 0 Å². The second-order valence-electron chi connectivity index (χ2n) is 13.5. The van der Waals surface area contributed by atoms with Gasteiger partial charge >= 0.3 is 0 Å². The first-order valence-corrected chi connectivity index (χ1v) is 18.3. The zero-order valence-electron chi connectivity index (χ0n) is 29.5. The number of hydrogen-bond donors (Lipinski definition) is 0. The minimum Gasteiger partial charge on any atom is -0.321 e. The average Bonchev–Trinajstić information content (AvgIpc) is 3.80. The van der Waals surface area contributed by atoms with Gasteiger partial charge in [0.25, 0.3) is 0 Å². The smallest absolute Gasteiger partial charge is 0.160 e. The Balaban J connectivity index is 1.22. The molecular formula is C49H35N5. The molecule has 0 amide bonds. The Labute approximate surface area is 314 Å². The highest BCUT2D eigenvalue weighted by atomic mass is 15.4. The van der Waals surface area contributed by atoms with Crippen molar-refractivity contribution in [1.82, 2.24) is 14.8 Å². The van der Waals surface area contributed by atoms with Crippen LogP contribution in [0.3, 0.4) is 0 Å². The number of fused-ring (bicyclic) bond motifs is 4. The average molecular weight is 694 g/mol. The van der Waals surface area contributed by atoms with Crippen LogP contribution in [-0.2, 0) is 0 Å². The lowest BCUT2D eigenvalue weighted by Crippen LogP contribution is -2.23. The number of para-hydroxylation sites is 4. The van der Waals surface area contributed by atoms with Crippen LogP contribution >= 0.6 is 0 Å². The quantitative estimate of drug-likeness (QED) is 0.156. The Bertz CT molecular complexity index is 2750. The standard InChI is InChI=1S/C49H35N5/c1-4-16-35(17-5-1)48(36-18-6-2-7-19-36)49(38-29-30-42-41-24-10-11-25-43(41)54(46(42)33-38)47-28-15-31-50-51-47)37-20-14-23-40(32-37)53-34-52(39-21-8-3-9-22-39)44-26-12-13-27-45(44)53/h1-33H,34H2. The molecule has 0 unspecified atom stereocenters. The van der Waals surface area contributed by atoms with Crippen LogP contribution in [0.15, 0.2) is 200 Å². The SMILES string of the molecule is c1ccc(C(=C(c2cccc(N3CN(c4ccccc4)c4ccccc43)c2)c2ccc3c4ccccc4n(-c4cccnn4)c3c2)c2ccccc2)cc1. The maximum absolute atomic E-state index is 4.58. The predicted octanol–water partition coefficient (Wildman–Crippen LogP) is 11.8. The van der Waals surface area contributed by atoms with Gasteiger partial charge in [0, 0.05) is 28.3 Å². The second kappa shape index (κ2) is 13.4. The molecule has 0 radical (unpaired) electrons. The number of anilines is 4. The molecule has 9 aromatic rings. The number of rotatable bonds is 7. The maximum atomic E-state index is 4.58. The fourth-order valence-electron chi connectivity index (χ4n) is 8.00. The van der Waals surface area contributed by atoms with Crippen molar-refractivity contribution >= 4 is 55.7 Å². The lowest BCUT2D eigenvalue weighted by Gasteiger charge is -2.24. The molecule has 0 atom stereocenters. The van der Waals surface area contributed by atoms with E-state index in [1.54, 1.807) is 6.20 Å². The van der Waals surface area contributed by atoms with E-state index in [4.69, 9.17) is 0 Å². The first kappa shape index (κ1) is 31.5. The van der Waals surface area contributed by atoms with Crippen molar-refractivity contribution in [2.75, 3.05) is 16.5 Å². The molecule has 0 fully saturated rings. The van der Waals surface area contributed by atoms with Crippen molar-refractivity contribution in [2.24, 2.45) is 0 Å². The molecule has 1 aliphatic rings. The van der Waals surface area contributed by atoms with E-state index in [2.05, 4.69) is 207 Å². The molecule has 5 heteroatoms. The van der Waals surface area contributed by atoms with E-state index in [1.165, 1.54) is 33.4 Å². The Morgan fingerprint density at radius 1 is 0.407 bits per heavy atom. The van der Waals surface area contributed by atoms with E-state index >= 15 is 0 Å². The lowest BCUT2D eigenvalue weighted by atomic mass is 9.85. The summed E-state index contributed by atoms with van der Waals surface area (Å²) >= 11 is 0. The summed E-state index contributed by atoms with van der Waals surface area (Å²) < 4.78 is 2.24. The number of benzene rings is 7. The van der Waals surface area contributed by atoms with E-state index in [-0.39, 0.29) is 0 Å². The summed E-state index contributed by atoms with van der Waals surface area (Å²) in [4.78, 5) is 4.81. The van der Waals surface area contributed by atoms with Crippen molar-refractivity contribution in [3.8, 4) is 5.82 Å². The van der Waals surface area contributed by atoms with Crippen LogP contribution in [0.2, 0.25) is 0 Å².